The van der Waals surface area contributed by atoms with Gasteiger partial charge >= 0.3 is 0 Å². The topological polar surface area (TPSA) is 0 Å². The van der Waals surface area contributed by atoms with E-state index in [0.717, 1.165) is 0 Å². The van der Waals surface area contributed by atoms with E-state index in [0.29, 0.717) is 23.7 Å². The predicted octanol–water partition coefficient (Wildman–Crippen LogP) is 35.0. The summed E-state index contributed by atoms with van der Waals surface area (Å²) in [6.45, 7) is 18.7. The summed E-state index contributed by atoms with van der Waals surface area (Å²) < 4.78 is 0. The summed E-state index contributed by atoms with van der Waals surface area (Å²) in [6.07, 6.45) is 58.6. The van der Waals surface area contributed by atoms with E-state index < -0.39 is 0 Å². The maximum Gasteiger partial charge on any atom is -0.00268 e. The Morgan fingerprint density at radius 2 is 0.274 bits per heavy atom. The van der Waals surface area contributed by atoms with Gasteiger partial charge in [-0.2, -0.15) is 0 Å². The molecule has 0 saturated heterocycles. The molecule has 0 aliphatic rings. The van der Waals surface area contributed by atoms with Crippen LogP contribution in [0.15, 0.2) is 194 Å². The molecule has 572 valence electrons. The summed E-state index contributed by atoms with van der Waals surface area (Å²) in [6, 6.07) is 77.7. The van der Waals surface area contributed by atoms with Crippen molar-refractivity contribution >= 4 is 11.1 Å². The van der Waals surface area contributed by atoms with E-state index in [2.05, 4.69) is 250 Å². The fourth-order valence-corrected chi connectivity index (χ4v) is 17.2. The highest BCUT2D eigenvalue weighted by atomic mass is 14.3. The van der Waals surface area contributed by atoms with E-state index in [4.69, 9.17) is 0 Å². The standard InChI is InChI=1S/C106H148/c1-9-17-25-29-33-41-49-85(45-37-21-13-5)89-53-61-93(62-54-89)97-69-77-101(78-70-97)105(102-79-71-98(72-80-102)94-63-55-90(56-64-94)86(46-38-22-14-6)50-42-34-30-26-18-10-2)106(103-81-73-99(74-82-103)95-65-57-91(58-66-95)87(47-39-23-15-7)51-43-35-31-27-19-11-3)104-83-75-100(76-84-104)96-67-59-92(60-68-96)88(48-40-24-16-8)52-44-36-32-28-20-12-4/h53-88H,9-52H2,1-8H3. The highest BCUT2D eigenvalue weighted by Crippen LogP contribution is 2.42. The van der Waals surface area contributed by atoms with E-state index in [1.807, 2.05) is 0 Å². The van der Waals surface area contributed by atoms with Gasteiger partial charge in [0, 0.05) is 0 Å². The zero-order chi connectivity index (χ0) is 74.4. The smallest absolute Gasteiger partial charge is 0.00268 e. The van der Waals surface area contributed by atoms with Crippen LogP contribution < -0.4 is 0 Å². The van der Waals surface area contributed by atoms with Gasteiger partial charge in [0.15, 0.2) is 0 Å². The molecule has 0 fully saturated rings. The van der Waals surface area contributed by atoms with E-state index in [1.165, 1.54) is 383 Å². The second-order valence-corrected chi connectivity index (χ2v) is 32.5. The molecule has 0 N–H and O–H groups in total. The molecule has 106 heavy (non-hydrogen) atoms. The van der Waals surface area contributed by atoms with Crippen molar-refractivity contribution in [1.82, 2.24) is 0 Å². The number of hydrogen-bond donors (Lipinski definition) is 0. The average Bonchev–Trinajstić information content (AvgIpc) is 0.771. The van der Waals surface area contributed by atoms with Gasteiger partial charge < -0.3 is 0 Å². The molecule has 0 heterocycles. The molecule has 0 spiro atoms. The van der Waals surface area contributed by atoms with Gasteiger partial charge in [-0.1, -0.05) is 481 Å². The van der Waals surface area contributed by atoms with Gasteiger partial charge in [-0.25, -0.2) is 0 Å². The molecule has 0 aliphatic heterocycles. The van der Waals surface area contributed by atoms with Crippen LogP contribution in [0.1, 0.15) is 406 Å². The number of hydrogen-bond acceptors (Lipinski definition) is 0. The first-order valence-corrected chi connectivity index (χ1v) is 44.9. The van der Waals surface area contributed by atoms with Gasteiger partial charge in [-0.15, -0.1) is 0 Å². The number of benzene rings is 8. The summed E-state index contributed by atoms with van der Waals surface area (Å²) in [7, 11) is 0. The van der Waals surface area contributed by atoms with Crippen LogP contribution in [0.4, 0.5) is 0 Å². The van der Waals surface area contributed by atoms with Crippen molar-refractivity contribution < 1.29 is 0 Å². The van der Waals surface area contributed by atoms with Gasteiger partial charge in [0.1, 0.15) is 0 Å². The summed E-state index contributed by atoms with van der Waals surface area (Å²) >= 11 is 0. The highest BCUT2D eigenvalue weighted by molar-refractivity contribution is 6.05. The largest absolute Gasteiger partial charge is 0.0654 e. The van der Waals surface area contributed by atoms with Gasteiger partial charge in [-0.3, -0.25) is 0 Å². The third-order valence-corrected chi connectivity index (χ3v) is 24.1. The summed E-state index contributed by atoms with van der Waals surface area (Å²) in [5, 5.41) is 0. The van der Waals surface area contributed by atoms with Crippen molar-refractivity contribution in [3.63, 3.8) is 0 Å². The predicted molar refractivity (Wildman–Crippen MR) is 472 cm³/mol. The Hall–Kier alpha value is -6.50. The van der Waals surface area contributed by atoms with Crippen LogP contribution >= 0.6 is 0 Å². The summed E-state index contributed by atoms with van der Waals surface area (Å²) in [5.74, 6) is 2.55. The zero-order valence-corrected chi connectivity index (χ0v) is 68.9. The fourth-order valence-electron chi connectivity index (χ4n) is 17.2. The van der Waals surface area contributed by atoms with Crippen LogP contribution in [-0.4, -0.2) is 0 Å². The van der Waals surface area contributed by atoms with Crippen LogP contribution in [0.3, 0.4) is 0 Å². The van der Waals surface area contributed by atoms with Crippen molar-refractivity contribution in [3.8, 4) is 44.5 Å². The Labute approximate surface area is 651 Å². The van der Waals surface area contributed by atoms with Crippen LogP contribution in [0.5, 0.6) is 0 Å². The van der Waals surface area contributed by atoms with E-state index >= 15 is 0 Å². The lowest BCUT2D eigenvalue weighted by atomic mass is 9.83. The van der Waals surface area contributed by atoms with Crippen LogP contribution in [0.2, 0.25) is 0 Å². The molecule has 0 amide bonds. The van der Waals surface area contributed by atoms with Crippen LogP contribution in [0, 0.1) is 0 Å². The summed E-state index contributed by atoms with van der Waals surface area (Å²) in [5.41, 5.74) is 23.7. The van der Waals surface area contributed by atoms with Gasteiger partial charge in [-0.05, 0) is 175 Å². The van der Waals surface area contributed by atoms with Crippen molar-refractivity contribution in [2.45, 2.75) is 362 Å². The first kappa shape index (κ1) is 85.1. The maximum atomic E-state index is 2.47. The van der Waals surface area contributed by atoms with Crippen molar-refractivity contribution in [3.05, 3.63) is 239 Å². The third kappa shape index (κ3) is 28.8. The van der Waals surface area contributed by atoms with Crippen molar-refractivity contribution in [1.29, 1.82) is 0 Å². The zero-order valence-electron chi connectivity index (χ0n) is 68.9. The van der Waals surface area contributed by atoms with Crippen molar-refractivity contribution in [2.24, 2.45) is 0 Å². The molecule has 0 nitrogen and oxygen atoms in total. The minimum atomic E-state index is 0.637. The fraction of sp³-hybridized carbons (Fsp3) is 0.528. The summed E-state index contributed by atoms with van der Waals surface area (Å²) in [4.78, 5) is 0. The molecule has 0 aromatic heterocycles. The first-order chi connectivity index (χ1) is 52.3. The lowest BCUT2D eigenvalue weighted by Crippen LogP contribution is -2.00. The second-order valence-electron chi connectivity index (χ2n) is 32.5. The Bertz CT molecular complexity index is 3060. The van der Waals surface area contributed by atoms with E-state index in [9.17, 15) is 0 Å². The molecule has 4 atom stereocenters. The van der Waals surface area contributed by atoms with E-state index in [-0.39, 0.29) is 0 Å². The van der Waals surface area contributed by atoms with Gasteiger partial charge in [0.25, 0.3) is 0 Å². The molecule has 8 aromatic rings. The molecule has 8 aromatic carbocycles. The molecular weight excluding hydrogens is 1270 g/mol. The Kier molecular flexibility index (Phi) is 41.0. The Balaban J connectivity index is 1.20. The van der Waals surface area contributed by atoms with Gasteiger partial charge in [0.2, 0.25) is 0 Å². The molecule has 0 radical (unpaired) electrons. The molecule has 0 bridgehead atoms. The molecule has 4 unspecified atom stereocenters. The monoisotopic (exact) mass is 1420 g/mol. The van der Waals surface area contributed by atoms with Gasteiger partial charge in [0.05, 0.1) is 0 Å². The third-order valence-electron chi connectivity index (χ3n) is 24.1. The second kappa shape index (κ2) is 51.0. The lowest BCUT2D eigenvalue weighted by molar-refractivity contribution is 0.495. The minimum absolute atomic E-state index is 0.637. The number of unbranched alkanes of at least 4 members (excludes halogenated alkanes) is 28. The van der Waals surface area contributed by atoms with Crippen molar-refractivity contribution in [2.75, 3.05) is 0 Å². The Morgan fingerprint density at radius 1 is 0.151 bits per heavy atom. The quantitative estimate of drug-likeness (QED) is 0.0263. The van der Waals surface area contributed by atoms with Crippen LogP contribution in [-0.2, 0) is 0 Å². The molecule has 8 rings (SSSR count). The Morgan fingerprint density at radius 3 is 0.434 bits per heavy atom. The lowest BCUT2D eigenvalue weighted by Gasteiger charge is -2.20. The molecular formula is C106H148. The molecule has 0 heteroatoms. The minimum Gasteiger partial charge on any atom is -0.0654 e. The SMILES string of the molecule is CCCCCCCCC(CCCCC)c1ccc(-c2ccc(C(=C(c3ccc(-c4ccc(C(CCCCC)CCCCCCCC)cc4)cc3)c3ccc(-c4ccc(C(CCCCC)CCCCCCCC)cc4)cc3)c3ccc(-c4ccc(C(CCCCC)CCCCCCCC)cc4)cc3)cc2)cc1. The normalized spacial score (nSPS) is 12.7. The molecule has 0 aliphatic carbocycles. The molecule has 0 saturated carbocycles. The first-order valence-electron chi connectivity index (χ1n) is 44.9. The van der Waals surface area contributed by atoms with Crippen LogP contribution in [0.25, 0.3) is 55.7 Å². The van der Waals surface area contributed by atoms with E-state index in [1.54, 1.807) is 0 Å². The number of rotatable bonds is 56. The average molecular weight is 1420 g/mol. The maximum absolute atomic E-state index is 2.47. The highest BCUT2D eigenvalue weighted by Gasteiger charge is 2.21.